The summed E-state index contributed by atoms with van der Waals surface area (Å²) in [4.78, 5) is 8.51. The number of nitrogens with zero attached hydrogens (tertiary/aromatic N) is 2. The number of aromatic amines is 1. The summed E-state index contributed by atoms with van der Waals surface area (Å²) in [5.74, 6) is 0. The van der Waals surface area contributed by atoms with Gasteiger partial charge in [0.2, 0.25) is 0 Å². The number of H-pyrrole nitrogens is 1. The first-order valence-corrected chi connectivity index (χ1v) is 20.6. The molecule has 0 spiro atoms. The third-order valence-electron chi connectivity index (χ3n) is 11.7. The smallest absolute Gasteiger partial charge is 0.0546 e. The van der Waals surface area contributed by atoms with Crippen molar-refractivity contribution < 1.29 is 0 Å². The van der Waals surface area contributed by atoms with Crippen molar-refractivity contribution in [3.63, 3.8) is 0 Å². The molecule has 0 saturated heterocycles. The van der Waals surface area contributed by atoms with Crippen molar-refractivity contribution in [2.75, 3.05) is 9.80 Å². The van der Waals surface area contributed by atoms with Gasteiger partial charge in [-0.2, -0.15) is 0 Å². The lowest BCUT2D eigenvalue weighted by atomic mass is 9.93. The van der Waals surface area contributed by atoms with E-state index in [0.29, 0.717) is 0 Å². The Morgan fingerprint density at radius 3 is 1.34 bits per heavy atom. The Balaban J connectivity index is 1.14. The molecule has 0 aliphatic carbocycles. The van der Waals surface area contributed by atoms with E-state index in [1.807, 2.05) is 11.3 Å². The number of rotatable bonds is 6. The molecule has 3 nitrogen and oxygen atoms in total. The van der Waals surface area contributed by atoms with E-state index < -0.39 is 0 Å². The monoisotopic (exact) mass is 757 g/mol. The number of anilines is 6. The molecule has 2 heterocycles. The van der Waals surface area contributed by atoms with Gasteiger partial charge in [-0.05, 0) is 106 Å². The molecule has 4 heteroatoms. The molecule has 10 aromatic carbocycles. The fourth-order valence-electron chi connectivity index (χ4n) is 9.12. The SMILES string of the molecule is c1ccc(N(c2ccc3[nH]c4ccccc4c3c2)c2cc3c4ccccc4c(N(c4ccccc4)c4ccc5sc6ccccc6c5c4)cc3c3ccccc23)cc1. The summed E-state index contributed by atoms with van der Waals surface area (Å²) in [6.45, 7) is 0. The third kappa shape index (κ3) is 5.12. The average molecular weight is 758 g/mol. The maximum atomic E-state index is 3.63. The summed E-state index contributed by atoms with van der Waals surface area (Å²) < 4.78 is 2.61. The number of aromatic nitrogens is 1. The zero-order valence-electron chi connectivity index (χ0n) is 31.4. The average Bonchev–Trinajstić information content (AvgIpc) is 3.85. The highest BCUT2D eigenvalue weighted by molar-refractivity contribution is 7.25. The Morgan fingerprint density at radius 1 is 0.276 bits per heavy atom. The molecule has 0 saturated carbocycles. The van der Waals surface area contributed by atoms with Gasteiger partial charge in [-0.25, -0.2) is 0 Å². The number of para-hydroxylation sites is 3. The highest BCUT2D eigenvalue weighted by Crippen LogP contribution is 2.49. The van der Waals surface area contributed by atoms with Crippen LogP contribution in [0.1, 0.15) is 0 Å². The van der Waals surface area contributed by atoms with Gasteiger partial charge in [0.15, 0.2) is 0 Å². The van der Waals surface area contributed by atoms with Gasteiger partial charge in [-0.15, -0.1) is 11.3 Å². The van der Waals surface area contributed by atoms with Crippen molar-refractivity contribution in [2.45, 2.75) is 0 Å². The molecule has 58 heavy (non-hydrogen) atoms. The molecule has 272 valence electrons. The van der Waals surface area contributed by atoms with Crippen molar-refractivity contribution in [2.24, 2.45) is 0 Å². The molecular weight excluding hydrogens is 723 g/mol. The van der Waals surface area contributed by atoms with Crippen LogP contribution in [0, 0.1) is 0 Å². The zero-order chi connectivity index (χ0) is 38.2. The van der Waals surface area contributed by atoms with Crippen molar-refractivity contribution in [3.05, 3.63) is 206 Å². The first-order chi connectivity index (χ1) is 28.8. The summed E-state index contributed by atoms with van der Waals surface area (Å²) in [6, 6.07) is 75.4. The Bertz CT molecular complexity index is 3290. The van der Waals surface area contributed by atoms with Crippen molar-refractivity contribution in [1.29, 1.82) is 0 Å². The minimum Gasteiger partial charge on any atom is -0.355 e. The maximum Gasteiger partial charge on any atom is 0.0546 e. The molecule has 0 unspecified atom stereocenters. The van der Waals surface area contributed by atoms with Crippen LogP contribution in [0.25, 0.3) is 74.3 Å². The standard InChI is InChI=1S/C54H35N3S/c1-3-15-35(16-4-1)56(37-27-29-50-47(31-37)41-21-11-13-25-49(41)55-50)51-33-45-40-20-8-10-23-43(40)52(34-46(45)39-19-7-9-22-42(39)51)57(36-17-5-2-6-18-36)38-28-30-54-48(32-38)44-24-12-14-26-53(44)58-54/h1-34,55H. The molecule has 2 aromatic heterocycles. The van der Waals surface area contributed by atoms with Gasteiger partial charge < -0.3 is 14.8 Å². The van der Waals surface area contributed by atoms with Gasteiger partial charge in [0.25, 0.3) is 0 Å². The predicted molar refractivity (Wildman–Crippen MR) is 251 cm³/mol. The molecule has 0 bridgehead atoms. The number of thiophene rings is 1. The van der Waals surface area contributed by atoms with Gasteiger partial charge in [-0.3, -0.25) is 0 Å². The highest BCUT2D eigenvalue weighted by Gasteiger charge is 2.23. The Labute approximate surface area is 339 Å². The van der Waals surface area contributed by atoms with Crippen LogP contribution in [-0.4, -0.2) is 4.98 Å². The largest absolute Gasteiger partial charge is 0.355 e. The zero-order valence-corrected chi connectivity index (χ0v) is 32.2. The number of fused-ring (bicyclic) bond motifs is 11. The fourth-order valence-corrected chi connectivity index (χ4v) is 10.2. The topological polar surface area (TPSA) is 22.3 Å². The summed E-state index contributed by atoms with van der Waals surface area (Å²) >= 11 is 1.86. The molecule has 0 atom stereocenters. The molecular formula is C54H35N3S. The van der Waals surface area contributed by atoms with Crippen molar-refractivity contribution >= 4 is 120 Å². The van der Waals surface area contributed by atoms with Crippen LogP contribution in [0.4, 0.5) is 34.1 Å². The number of benzene rings is 10. The molecule has 1 N–H and O–H groups in total. The number of nitrogens with one attached hydrogen (secondary N) is 1. The minimum absolute atomic E-state index is 1.11. The predicted octanol–water partition coefficient (Wildman–Crippen LogP) is 16.1. The molecule has 0 aliphatic heterocycles. The Kier molecular flexibility index (Phi) is 7.40. The van der Waals surface area contributed by atoms with Crippen LogP contribution in [0.15, 0.2) is 206 Å². The normalized spacial score (nSPS) is 11.8. The first-order valence-electron chi connectivity index (χ1n) is 19.8. The van der Waals surface area contributed by atoms with Crippen molar-refractivity contribution in [3.8, 4) is 0 Å². The maximum absolute atomic E-state index is 3.63. The van der Waals surface area contributed by atoms with Crippen molar-refractivity contribution in [1.82, 2.24) is 4.98 Å². The minimum atomic E-state index is 1.11. The van der Waals surface area contributed by atoms with E-state index in [0.717, 1.165) is 45.2 Å². The van der Waals surface area contributed by atoms with Gasteiger partial charge in [0.1, 0.15) is 0 Å². The quantitative estimate of drug-likeness (QED) is 0.171. The van der Waals surface area contributed by atoms with E-state index >= 15 is 0 Å². The summed E-state index contributed by atoms with van der Waals surface area (Å²) in [7, 11) is 0. The van der Waals surface area contributed by atoms with Gasteiger partial charge in [0, 0.05) is 75.5 Å². The second-order valence-electron chi connectivity index (χ2n) is 15.0. The second-order valence-corrected chi connectivity index (χ2v) is 16.1. The van der Waals surface area contributed by atoms with E-state index in [-0.39, 0.29) is 0 Å². The second kappa shape index (κ2) is 13.1. The van der Waals surface area contributed by atoms with E-state index in [9.17, 15) is 0 Å². The molecule has 0 radical (unpaired) electrons. The van der Waals surface area contributed by atoms with Gasteiger partial charge in [-0.1, -0.05) is 121 Å². The molecule has 0 fully saturated rings. The summed E-state index contributed by atoms with van der Waals surface area (Å²) in [6.07, 6.45) is 0. The van der Waals surface area contributed by atoms with Crippen LogP contribution in [0.3, 0.4) is 0 Å². The van der Waals surface area contributed by atoms with Crippen LogP contribution in [0.2, 0.25) is 0 Å². The number of hydrogen-bond acceptors (Lipinski definition) is 3. The van der Waals surface area contributed by atoms with Crippen LogP contribution in [-0.2, 0) is 0 Å². The van der Waals surface area contributed by atoms with Crippen LogP contribution >= 0.6 is 11.3 Å². The first kappa shape index (κ1) is 32.8. The Hall–Kier alpha value is -7.40. The van der Waals surface area contributed by atoms with Gasteiger partial charge >= 0.3 is 0 Å². The number of hydrogen-bond donors (Lipinski definition) is 1. The van der Waals surface area contributed by atoms with Crippen LogP contribution < -0.4 is 9.80 Å². The third-order valence-corrected chi connectivity index (χ3v) is 12.9. The summed E-state index contributed by atoms with van der Waals surface area (Å²) in [5, 5.41) is 12.3. The lowest BCUT2D eigenvalue weighted by molar-refractivity contribution is 1.30. The molecule has 0 amide bonds. The lowest BCUT2D eigenvalue weighted by Crippen LogP contribution is -2.11. The molecule has 12 aromatic rings. The molecule has 0 aliphatic rings. The van der Waals surface area contributed by atoms with E-state index in [1.165, 1.54) is 63.3 Å². The lowest BCUT2D eigenvalue weighted by Gasteiger charge is -2.30. The van der Waals surface area contributed by atoms with Gasteiger partial charge in [0.05, 0.1) is 11.4 Å². The van der Waals surface area contributed by atoms with E-state index in [4.69, 9.17) is 0 Å². The van der Waals surface area contributed by atoms with E-state index in [2.05, 4.69) is 221 Å². The van der Waals surface area contributed by atoms with Crippen LogP contribution in [0.5, 0.6) is 0 Å². The molecule has 12 rings (SSSR count). The fraction of sp³-hybridized carbons (Fsp3) is 0. The Morgan fingerprint density at radius 2 is 0.724 bits per heavy atom. The highest BCUT2D eigenvalue weighted by atomic mass is 32.1. The van der Waals surface area contributed by atoms with E-state index in [1.54, 1.807) is 0 Å². The summed E-state index contributed by atoms with van der Waals surface area (Å²) in [5.41, 5.74) is 9.04.